The van der Waals surface area contributed by atoms with Gasteiger partial charge in [0.2, 0.25) is 11.8 Å². The Morgan fingerprint density at radius 2 is 1.63 bits per heavy atom. The van der Waals surface area contributed by atoms with Crippen molar-refractivity contribution in [2.24, 2.45) is 0 Å². The number of carbonyl (C=O) groups is 2. The van der Waals surface area contributed by atoms with Crippen LogP contribution in [0.15, 0.2) is 77.7 Å². The summed E-state index contributed by atoms with van der Waals surface area (Å²) >= 11 is 6.01. The van der Waals surface area contributed by atoms with Crippen LogP contribution in [0.2, 0.25) is 5.02 Å². The number of rotatable bonds is 13. The SMILES string of the molecule is CCOc1ccc(N(CC(=O)N(Cc2cccc(C)c2)[C@H](C)C(=O)N[C@H](C)CC)S(=O)(=O)c2ccc(Cl)cc2)cc1. The van der Waals surface area contributed by atoms with E-state index in [1.54, 1.807) is 31.2 Å². The fraction of sp³-hybridized carbons (Fsp3) is 0.355. The molecule has 220 valence electrons. The summed E-state index contributed by atoms with van der Waals surface area (Å²) in [7, 11) is -4.19. The van der Waals surface area contributed by atoms with Crippen LogP contribution in [-0.2, 0) is 26.2 Å². The number of nitrogens with zero attached hydrogens (tertiary/aromatic N) is 2. The Morgan fingerprint density at radius 3 is 2.22 bits per heavy atom. The van der Waals surface area contributed by atoms with Crippen molar-refractivity contribution in [1.29, 1.82) is 0 Å². The van der Waals surface area contributed by atoms with E-state index in [-0.39, 0.29) is 29.1 Å². The molecule has 0 aliphatic carbocycles. The first-order valence-electron chi connectivity index (χ1n) is 13.6. The molecule has 0 unspecified atom stereocenters. The molecule has 0 spiro atoms. The molecular weight excluding hydrogens is 562 g/mol. The van der Waals surface area contributed by atoms with Crippen LogP contribution in [0.3, 0.4) is 0 Å². The average Bonchev–Trinajstić information content (AvgIpc) is 2.95. The van der Waals surface area contributed by atoms with E-state index in [4.69, 9.17) is 16.3 Å². The fourth-order valence-electron chi connectivity index (χ4n) is 4.19. The third-order valence-electron chi connectivity index (χ3n) is 6.72. The Kier molecular flexibility index (Phi) is 11.2. The smallest absolute Gasteiger partial charge is 0.264 e. The first-order chi connectivity index (χ1) is 19.5. The van der Waals surface area contributed by atoms with Gasteiger partial charge < -0.3 is 15.0 Å². The molecule has 10 heteroatoms. The van der Waals surface area contributed by atoms with Crippen molar-refractivity contribution in [3.8, 4) is 5.75 Å². The zero-order chi connectivity index (χ0) is 30.2. The maximum Gasteiger partial charge on any atom is 0.264 e. The topological polar surface area (TPSA) is 96.0 Å². The highest BCUT2D eigenvalue weighted by molar-refractivity contribution is 7.92. The van der Waals surface area contributed by atoms with Crippen LogP contribution < -0.4 is 14.4 Å². The minimum Gasteiger partial charge on any atom is -0.494 e. The summed E-state index contributed by atoms with van der Waals surface area (Å²) in [6.07, 6.45) is 0.731. The number of carbonyl (C=O) groups excluding carboxylic acids is 2. The summed E-state index contributed by atoms with van der Waals surface area (Å²) in [5.74, 6) is -0.263. The molecule has 8 nitrogen and oxygen atoms in total. The number of nitrogens with one attached hydrogen (secondary N) is 1. The lowest BCUT2D eigenvalue weighted by Crippen LogP contribution is -2.52. The van der Waals surface area contributed by atoms with E-state index < -0.39 is 28.5 Å². The molecule has 41 heavy (non-hydrogen) atoms. The molecule has 0 fully saturated rings. The molecule has 0 heterocycles. The Balaban J connectivity index is 2.03. The van der Waals surface area contributed by atoms with Crippen molar-refractivity contribution in [2.45, 2.75) is 64.6 Å². The normalized spacial score (nSPS) is 12.7. The van der Waals surface area contributed by atoms with Gasteiger partial charge in [-0.2, -0.15) is 0 Å². The van der Waals surface area contributed by atoms with Crippen LogP contribution >= 0.6 is 11.6 Å². The van der Waals surface area contributed by atoms with Gasteiger partial charge in [-0.3, -0.25) is 13.9 Å². The maximum absolute atomic E-state index is 14.0. The van der Waals surface area contributed by atoms with E-state index in [9.17, 15) is 18.0 Å². The average molecular weight is 600 g/mol. The summed E-state index contributed by atoms with van der Waals surface area (Å²) in [6.45, 7) is 9.37. The van der Waals surface area contributed by atoms with Gasteiger partial charge in [-0.25, -0.2) is 8.42 Å². The lowest BCUT2D eigenvalue weighted by Gasteiger charge is -2.32. The van der Waals surface area contributed by atoms with Crippen LogP contribution in [-0.4, -0.2) is 50.4 Å². The van der Waals surface area contributed by atoms with Gasteiger partial charge >= 0.3 is 0 Å². The number of anilines is 1. The monoisotopic (exact) mass is 599 g/mol. The number of hydrogen-bond acceptors (Lipinski definition) is 5. The molecule has 0 bridgehead atoms. The number of halogens is 1. The fourth-order valence-corrected chi connectivity index (χ4v) is 5.73. The molecule has 0 aliphatic heterocycles. The van der Waals surface area contributed by atoms with Gasteiger partial charge in [-0.1, -0.05) is 48.4 Å². The Labute approximate surface area is 248 Å². The second kappa shape index (κ2) is 14.4. The van der Waals surface area contributed by atoms with Gasteiger partial charge in [0.1, 0.15) is 18.3 Å². The molecule has 1 N–H and O–H groups in total. The Hall–Kier alpha value is -3.56. The highest BCUT2D eigenvalue weighted by Crippen LogP contribution is 2.27. The quantitative estimate of drug-likeness (QED) is 0.277. The number of benzene rings is 3. The maximum atomic E-state index is 14.0. The number of aryl methyl sites for hydroxylation is 1. The van der Waals surface area contributed by atoms with Crippen LogP contribution in [0.1, 0.15) is 45.2 Å². The minimum absolute atomic E-state index is 0.0172. The van der Waals surface area contributed by atoms with Crippen molar-refractivity contribution in [1.82, 2.24) is 10.2 Å². The molecular formula is C31H38ClN3O5S. The van der Waals surface area contributed by atoms with Gasteiger partial charge in [-0.05, 0) is 88.2 Å². The lowest BCUT2D eigenvalue weighted by molar-refractivity contribution is -0.139. The van der Waals surface area contributed by atoms with E-state index in [0.29, 0.717) is 17.4 Å². The standard InChI is InChI=1S/C31H38ClN3O5S/c1-6-23(4)33-31(37)24(5)34(20-25-10-8-9-22(3)19-25)30(36)21-35(27-13-15-28(16-14-27)40-7-2)41(38,39)29-17-11-26(32)12-18-29/h8-19,23-24H,6-7,20-21H2,1-5H3,(H,33,37)/t23-,24-/m1/s1. The molecule has 3 aromatic rings. The lowest BCUT2D eigenvalue weighted by atomic mass is 10.1. The van der Waals surface area contributed by atoms with Crippen molar-refractivity contribution in [3.63, 3.8) is 0 Å². The molecule has 0 aliphatic rings. The number of sulfonamides is 1. The highest BCUT2D eigenvalue weighted by atomic mass is 35.5. The van der Waals surface area contributed by atoms with E-state index in [1.807, 2.05) is 52.0 Å². The molecule has 0 saturated heterocycles. The van der Waals surface area contributed by atoms with Crippen molar-refractivity contribution in [3.05, 3.63) is 88.9 Å². The van der Waals surface area contributed by atoms with Crippen LogP contribution in [0.4, 0.5) is 5.69 Å². The van der Waals surface area contributed by atoms with Crippen molar-refractivity contribution >= 4 is 39.1 Å². The number of hydrogen-bond donors (Lipinski definition) is 1. The van der Waals surface area contributed by atoms with Gasteiger partial charge in [0, 0.05) is 17.6 Å². The zero-order valence-corrected chi connectivity index (χ0v) is 25.7. The molecule has 2 atom stereocenters. The van der Waals surface area contributed by atoms with Crippen molar-refractivity contribution in [2.75, 3.05) is 17.5 Å². The van der Waals surface area contributed by atoms with Gasteiger partial charge in [0.15, 0.2) is 0 Å². The molecule has 3 rings (SSSR count). The van der Waals surface area contributed by atoms with E-state index in [2.05, 4.69) is 5.32 Å². The van der Waals surface area contributed by atoms with E-state index in [0.717, 1.165) is 21.9 Å². The third kappa shape index (κ3) is 8.47. The van der Waals surface area contributed by atoms with Gasteiger partial charge in [0.05, 0.1) is 17.2 Å². The molecule has 0 radical (unpaired) electrons. The highest BCUT2D eigenvalue weighted by Gasteiger charge is 2.32. The third-order valence-corrected chi connectivity index (χ3v) is 8.76. The number of ether oxygens (including phenoxy) is 1. The molecule has 3 aromatic carbocycles. The second-order valence-corrected chi connectivity index (χ2v) is 12.2. The van der Waals surface area contributed by atoms with Gasteiger partial charge in [0.25, 0.3) is 10.0 Å². The van der Waals surface area contributed by atoms with E-state index in [1.165, 1.54) is 29.2 Å². The minimum atomic E-state index is -4.19. The summed E-state index contributed by atoms with van der Waals surface area (Å²) in [5.41, 5.74) is 2.12. The molecule has 0 saturated carbocycles. The summed E-state index contributed by atoms with van der Waals surface area (Å²) in [5, 5.41) is 3.32. The predicted molar refractivity (Wildman–Crippen MR) is 163 cm³/mol. The second-order valence-electron chi connectivity index (χ2n) is 9.90. The predicted octanol–water partition coefficient (Wildman–Crippen LogP) is 5.57. The molecule has 0 aromatic heterocycles. The number of amides is 2. The van der Waals surface area contributed by atoms with Crippen LogP contribution in [0.25, 0.3) is 0 Å². The Bertz CT molecular complexity index is 1430. The molecule has 2 amide bonds. The summed E-state index contributed by atoms with van der Waals surface area (Å²) in [6, 6.07) is 19.0. The van der Waals surface area contributed by atoms with Gasteiger partial charge in [-0.15, -0.1) is 0 Å². The Morgan fingerprint density at radius 1 is 0.976 bits per heavy atom. The summed E-state index contributed by atoms with van der Waals surface area (Å²) < 4.78 is 34.4. The first kappa shape index (κ1) is 32.0. The van der Waals surface area contributed by atoms with Crippen LogP contribution in [0.5, 0.6) is 5.75 Å². The summed E-state index contributed by atoms with van der Waals surface area (Å²) in [4.78, 5) is 28.6. The van der Waals surface area contributed by atoms with Crippen molar-refractivity contribution < 1.29 is 22.7 Å². The largest absolute Gasteiger partial charge is 0.494 e. The van der Waals surface area contributed by atoms with Crippen LogP contribution in [0, 0.1) is 6.92 Å². The zero-order valence-electron chi connectivity index (χ0n) is 24.1. The first-order valence-corrected chi connectivity index (χ1v) is 15.4. The van der Waals surface area contributed by atoms with E-state index >= 15 is 0 Å².